The molecule has 142 valence electrons. The molecule has 8 nitrogen and oxygen atoms in total. The number of aliphatic hydroxyl groups excluding tert-OH is 1. The number of rotatable bonds is 6. The zero-order valence-electron chi connectivity index (χ0n) is 15.0. The third-order valence-corrected chi connectivity index (χ3v) is 4.89. The first-order valence-corrected chi connectivity index (χ1v) is 9.15. The van der Waals surface area contributed by atoms with E-state index in [0.717, 1.165) is 25.8 Å². The van der Waals surface area contributed by atoms with Gasteiger partial charge in [-0.25, -0.2) is 9.59 Å². The number of benzene rings is 1. The number of fused-ring (bicyclic) bond motifs is 1. The Balaban J connectivity index is 1.53. The van der Waals surface area contributed by atoms with Crippen molar-refractivity contribution in [3.8, 4) is 0 Å². The van der Waals surface area contributed by atoms with Crippen molar-refractivity contribution in [2.24, 2.45) is 0 Å². The minimum absolute atomic E-state index is 0.162. The molecule has 3 rings (SSSR count). The fraction of sp³-hybridized carbons (Fsp3) is 0.556. The number of nitrogens with one attached hydrogen (secondary N) is 2. The fourth-order valence-corrected chi connectivity index (χ4v) is 3.49. The normalized spacial score (nSPS) is 18.2. The Morgan fingerprint density at radius 3 is 3.00 bits per heavy atom. The summed E-state index contributed by atoms with van der Waals surface area (Å²) in [6.45, 7) is 4.75. The second-order valence-electron chi connectivity index (χ2n) is 6.54. The van der Waals surface area contributed by atoms with E-state index in [-0.39, 0.29) is 18.7 Å². The van der Waals surface area contributed by atoms with Crippen molar-refractivity contribution in [3.63, 3.8) is 0 Å². The van der Waals surface area contributed by atoms with Crippen LogP contribution in [0.25, 0.3) is 11.1 Å². The number of urea groups is 1. The van der Waals surface area contributed by atoms with Gasteiger partial charge in [-0.1, -0.05) is 6.42 Å². The molecule has 0 unspecified atom stereocenters. The lowest BCUT2D eigenvalue weighted by molar-refractivity contribution is 0.0917. The number of nitrogens with zero attached hydrogens (tertiary/aromatic N) is 2. The molecule has 2 heterocycles. The van der Waals surface area contributed by atoms with Crippen LogP contribution < -0.4 is 16.4 Å². The number of aliphatic hydroxyl groups is 1. The predicted octanol–water partition coefficient (Wildman–Crippen LogP) is 1.58. The number of piperidine rings is 1. The molecular formula is C18H26N4O4. The van der Waals surface area contributed by atoms with E-state index in [4.69, 9.17) is 4.42 Å². The molecule has 1 saturated heterocycles. The maximum absolute atomic E-state index is 12.1. The first kappa shape index (κ1) is 18.5. The van der Waals surface area contributed by atoms with E-state index in [1.54, 1.807) is 18.2 Å². The third kappa shape index (κ3) is 4.08. The van der Waals surface area contributed by atoms with E-state index in [2.05, 4.69) is 15.5 Å². The SMILES string of the molecule is CCn1c(=O)oc2cc(NC(=O)NCCN3CCCC[C@@H]3CO)ccc21. The quantitative estimate of drug-likeness (QED) is 0.725. The number of likely N-dealkylation sites (tertiary alicyclic amines) is 1. The van der Waals surface area contributed by atoms with Gasteiger partial charge in [-0.3, -0.25) is 9.47 Å². The molecule has 1 aliphatic heterocycles. The maximum Gasteiger partial charge on any atom is 0.419 e. The Morgan fingerprint density at radius 2 is 2.23 bits per heavy atom. The maximum atomic E-state index is 12.1. The molecule has 1 aromatic carbocycles. The summed E-state index contributed by atoms with van der Waals surface area (Å²) in [7, 11) is 0. The summed E-state index contributed by atoms with van der Waals surface area (Å²) in [5, 5.41) is 15.0. The van der Waals surface area contributed by atoms with Crippen LogP contribution in [0.1, 0.15) is 26.2 Å². The molecule has 26 heavy (non-hydrogen) atoms. The number of carbonyl (C=O) groups excluding carboxylic acids is 1. The van der Waals surface area contributed by atoms with Crippen LogP contribution in [-0.2, 0) is 6.54 Å². The molecule has 0 aliphatic carbocycles. The average Bonchev–Trinajstić information content (AvgIpc) is 2.96. The van der Waals surface area contributed by atoms with Crippen LogP contribution >= 0.6 is 0 Å². The summed E-state index contributed by atoms with van der Waals surface area (Å²) in [6.07, 6.45) is 3.28. The molecule has 8 heteroatoms. The number of amides is 2. The molecule has 1 fully saturated rings. The highest BCUT2D eigenvalue weighted by Gasteiger charge is 2.21. The zero-order valence-corrected chi connectivity index (χ0v) is 15.0. The Bertz CT molecular complexity index is 813. The zero-order chi connectivity index (χ0) is 18.5. The van der Waals surface area contributed by atoms with Crippen LogP contribution in [0.15, 0.2) is 27.4 Å². The van der Waals surface area contributed by atoms with Crippen LogP contribution in [0, 0.1) is 0 Å². The van der Waals surface area contributed by atoms with Gasteiger partial charge in [-0.15, -0.1) is 0 Å². The van der Waals surface area contributed by atoms with Crippen molar-refractivity contribution in [2.45, 2.75) is 38.8 Å². The Kier molecular flexibility index (Phi) is 5.95. The summed E-state index contributed by atoms with van der Waals surface area (Å²) in [5.74, 6) is -0.399. The molecule has 0 saturated carbocycles. The van der Waals surface area contributed by atoms with Gasteiger partial charge in [0.2, 0.25) is 0 Å². The molecule has 0 bridgehead atoms. The first-order chi connectivity index (χ1) is 12.6. The van der Waals surface area contributed by atoms with Gasteiger partial charge in [0.1, 0.15) is 0 Å². The fourth-order valence-electron chi connectivity index (χ4n) is 3.49. The van der Waals surface area contributed by atoms with E-state index in [1.165, 1.54) is 4.57 Å². The van der Waals surface area contributed by atoms with Crippen LogP contribution in [-0.4, -0.2) is 52.9 Å². The van der Waals surface area contributed by atoms with E-state index in [1.807, 2.05) is 6.92 Å². The van der Waals surface area contributed by atoms with Gasteiger partial charge in [0.15, 0.2) is 5.58 Å². The molecule has 1 atom stereocenters. The number of carbonyl (C=O) groups is 1. The largest absolute Gasteiger partial charge is 0.419 e. The van der Waals surface area contributed by atoms with Crippen molar-refractivity contribution in [3.05, 3.63) is 28.7 Å². The van der Waals surface area contributed by atoms with Gasteiger partial charge >= 0.3 is 11.8 Å². The predicted molar refractivity (Wildman–Crippen MR) is 99.5 cm³/mol. The highest BCUT2D eigenvalue weighted by atomic mass is 16.4. The van der Waals surface area contributed by atoms with Gasteiger partial charge in [-0.2, -0.15) is 0 Å². The number of aryl methyl sites for hydroxylation is 1. The molecule has 3 N–H and O–H groups in total. The van der Waals surface area contributed by atoms with E-state index in [0.29, 0.717) is 36.4 Å². The number of hydrogen-bond donors (Lipinski definition) is 3. The number of oxazole rings is 1. The third-order valence-electron chi connectivity index (χ3n) is 4.89. The minimum atomic E-state index is -0.399. The van der Waals surface area contributed by atoms with Crippen LogP contribution in [0.4, 0.5) is 10.5 Å². The van der Waals surface area contributed by atoms with Crippen molar-refractivity contribution in [2.75, 3.05) is 31.6 Å². The van der Waals surface area contributed by atoms with E-state index >= 15 is 0 Å². The highest BCUT2D eigenvalue weighted by molar-refractivity contribution is 5.91. The van der Waals surface area contributed by atoms with Gasteiger partial charge in [0, 0.05) is 37.4 Å². The summed E-state index contributed by atoms with van der Waals surface area (Å²) in [4.78, 5) is 26.0. The lowest BCUT2D eigenvalue weighted by atomic mass is 10.0. The van der Waals surface area contributed by atoms with Crippen molar-refractivity contribution in [1.29, 1.82) is 0 Å². The van der Waals surface area contributed by atoms with Crippen molar-refractivity contribution < 1.29 is 14.3 Å². The molecule has 1 aromatic heterocycles. The molecule has 2 aromatic rings. The lowest BCUT2D eigenvalue weighted by Crippen LogP contribution is -2.46. The molecule has 0 spiro atoms. The topological polar surface area (TPSA) is 99.7 Å². The molecule has 2 amide bonds. The second kappa shape index (κ2) is 8.37. The lowest BCUT2D eigenvalue weighted by Gasteiger charge is -2.34. The minimum Gasteiger partial charge on any atom is -0.408 e. The molecule has 1 aliphatic rings. The van der Waals surface area contributed by atoms with Gasteiger partial charge < -0.3 is 20.2 Å². The molecule has 0 radical (unpaired) electrons. The monoisotopic (exact) mass is 362 g/mol. The Hall–Kier alpha value is -2.32. The van der Waals surface area contributed by atoms with Crippen LogP contribution in [0.5, 0.6) is 0 Å². The highest BCUT2D eigenvalue weighted by Crippen LogP contribution is 2.18. The summed E-state index contributed by atoms with van der Waals surface area (Å²) in [6, 6.07) is 5.05. The number of aromatic nitrogens is 1. The van der Waals surface area contributed by atoms with Crippen molar-refractivity contribution in [1.82, 2.24) is 14.8 Å². The second-order valence-corrected chi connectivity index (χ2v) is 6.54. The average molecular weight is 362 g/mol. The first-order valence-electron chi connectivity index (χ1n) is 9.15. The number of anilines is 1. The van der Waals surface area contributed by atoms with Gasteiger partial charge in [0.25, 0.3) is 0 Å². The standard InChI is InChI=1S/C18H26N4O4/c1-2-22-15-7-6-13(11-16(15)26-18(22)25)20-17(24)19-8-10-21-9-4-3-5-14(21)12-23/h6-7,11,14,23H,2-5,8-10,12H2,1H3,(H2,19,20,24)/t14-/m1/s1. The molecular weight excluding hydrogens is 336 g/mol. The summed E-state index contributed by atoms with van der Waals surface area (Å²) < 4.78 is 6.74. The van der Waals surface area contributed by atoms with E-state index in [9.17, 15) is 14.7 Å². The summed E-state index contributed by atoms with van der Waals surface area (Å²) >= 11 is 0. The smallest absolute Gasteiger partial charge is 0.408 e. The summed E-state index contributed by atoms with van der Waals surface area (Å²) in [5.41, 5.74) is 1.73. The Morgan fingerprint density at radius 1 is 1.38 bits per heavy atom. The number of hydrogen-bond acceptors (Lipinski definition) is 5. The van der Waals surface area contributed by atoms with Gasteiger partial charge in [0.05, 0.1) is 12.1 Å². The van der Waals surface area contributed by atoms with Gasteiger partial charge in [-0.05, 0) is 38.4 Å². The Labute approximate surface area is 151 Å². The van der Waals surface area contributed by atoms with Crippen LogP contribution in [0.2, 0.25) is 0 Å². The van der Waals surface area contributed by atoms with E-state index < -0.39 is 5.76 Å². The van der Waals surface area contributed by atoms with Crippen molar-refractivity contribution >= 4 is 22.8 Å². The van der Waals surface area contributed by atoms with Crippen LogP contribution in [0.3, 0.4) is 0 Å².